The van der Waals surface area contributed by atoms with Gasteiger partial charge < -0.3 is 0 Å². The molecule has 0 radical (unpaired) electrons. The molecule has 92 valence electrons. The van der Waals surface area contributed by atoms with Crippen molar-refractivity contribution >= 4 is 0 Å². The van der Waals surface area contributed by atoms with Crippen molar-refractivity contribution in [3.63, 3.8) is 0 Å². The van der Waals surface area contributed by atoms with Crippen LogP contribution in [-0.4, -0.2) is 0 Å². The third kappa shape index (κ3) is 3.99. The average Bonchev–Trinajstić information content (AvgIpc) is 2.34. The molecule has 0 aliphatic carbocycles. The Morgan fingerprint density at radius 2 is 1.53 bits per heavy atom. The Morgan fingerprint density at radius 3 is 1.94 bits per heavy atom. The molecule has 0 N–H and O–H groups in total. The highest BCUT2D eigenvalue weighted by atomic mass is 16.3. The lowest BCUT2D eigenvalue weighted by Crippen LogP contribution is -1.93. The average molecular weight is 231 g/mol. The topological polar surface area (TPSA) is 29.4 Å². The van der Waals surface area contributed by atoms with Crippen molar-refractivity contribution in [2.45, 2.75) is 34.6 Å². The van der Waals surface area contributed by atoms with E-state index in [4.69, 9.17) is 0 Å². The van der Waals surface area contributed by atoms with Gasteiger partial charge in [-0.05, 0) is 67.7 Å². The van der Waals surface area contributed by atoms with Gasteiger partial charge in [-0.15, -0.1) is 4.91 Å². The van der Waals surface area contributed by atoms with Crippen molar-refractivity contribution in [2.24, 2.45) is 5.18 Å². The van der Waals surface area contributed by atoms with Crippen LogP contribution >= 0.6 is 0 Å². The molecule has 0 bridgehead atoms. The maximum absolute atomic E-state index is 10.5. The summed E-state index contributed by atoms with van der Waals surface area (Å²) in [6, 6.07) is 0. The monoisotopic (exact) mass is 231 g/mol. The van der Waals surface area contributed by atoms with Gasteiger partial charge in [0.05, 0.1) is 5.70 Å². The molecule has 0 heterocycles. The zero-order valence-corrected chi connectivity index (χ0v) is 11.4. The van der Waals surface area contributed by atoms with E-state index in [9.17, 15) is 4.91 Å². The van der Waals surface area contributed by atoms with Crippen molar-refractivity contribution in [3.05, 3.63) is 63.8 Å². The van der Waals surface area contributed by atoms with Crippen molar-refractivity contribution in [1.29, 1.82) is 0 Å². The van der Waals surface area contributed by atoms with Gasteiger partial charge in [-0.25, -0.2) is 0 Å². The van der Waals surface area contributed by atoms with E-state index in [1.165, 1.54) is 0 Å². The number of nitroso groups, excluding NO2 is 1. The molecule has 0 aliphatic heterocycles. The molecule has 0 atom stereocenters. The number of rotatable bonds is 5. The van der Waals surface area contributed by atoms with Crippen LogP contribution in [0.15, 0.2) is 64.0 Å². The summed E-state index contributed by atoms with van der Waals surface area (Å²) in [7, 11) is 0. The molecular weight excluding hydrogens is 210 g/mol. The van der Waals surface area contributed by atoms with E-state index in [-0.39, 0.29) is 0 Å². The normalized spacial score (nSPS) is 14.8. The van der Waals surface area contributed by atoms with Crippen LogP contribution in [0.25, 0.3) is 0 Å². The molecule has 2 nitrogen and oxygen atoms in total. The van der Waals surface area contributed by atoms with Crippen molar-refractivity contribution in [3.8, 4) is 0 Å². The fourth-order valence-electron chi connectivity index (χ4n) is 1.42. The van der Waals surface area contributed by atoms with E-state index in [1.54, 1.807) is 13.0 Å². The molecule has 0 saturated carbocycles. The fraction of sp³-hybridized carbons (Fsp3) is 0.333. The summed E-state index contributed by atoms with van der Waals surface area (Å²) in [6.45, 7) is 17.3. The largest absolute Gasteiger partial charge is 0.145 e. The molecular formula is C15H21NO. The minimum Gasteiger partial charge on any atom is -0.145 e. The van der Waals surface area contributed by atoms with Gasteiger partial charge in [0.1, 0.15) is 0 Å². The van der Waals surface area contributed by atoms with Crippen LogP contribution in [0.3, 0.4) is 0 Å². The summed E-state index contributed by atoms with van der Waals surface area (Å²) in [5.74, 6) is 0. The van der Waals surface area contributed by atoms with Gasteiger partial charge in [-0.3, -0.25) is 0 Å². The van der Waals surface area contributed by atoms with Crippen molar-refractivity contribution in [2.75, 3.05) is 0 Å². The van der Waals surface area contributed by atoms with Crippen LogP contribution in [0.2, 0.25) is 0 Å². The summed E-state index contributed by atoms with van der Waals surface area (Å²) < 4.78 is 0. The molecule has 2 heteroatoms. The maximum Gasteiger partial charge on any atom is 0.0849 e. The second kappa shape index (κ2) is 6.79. The van der Waals surface area contributed by atoms with E-state index in [0.717, 1.165) is 27.9 Å². The number of hydrogen-bond acceptors (Lipinski definition) is 2. The Bertz CT molecular complexity index is 434. The highest BCUT2D eigenvalue weighted by Crippen LogP contribution is 2.25. The molecule has 0 spiro atoms. The Morgan fingerprint density at radius 1 is 1.00 bits per heavy atom. The number of hydrogen-bond donors (Lipinski definition) is 0. The zero-order valence-electron chi connectivity index (χ0n) is 11.4. The van der Waals surface area contributed by atoms with Crippen LogP contribution < -0.4 is 0 Å². The molecule has 0 saturated heterocycles. The second-order valence-electron chi connectivity index (χ2n) is 4.12. The Labute approximate surface area is 104 Å². The van der Waals surface area contributed by atoms with Gasteiger partial charge >= 0.3 is 0 Å². The van der Waals surface area contributed by atoms with E-state index >= 15 is 0 Å². The van der Waals surface area contributed by atoms with Crippen LogP contribution in [0.4, 0.5) is 0 Å². The third-order valence-electron chi connectivity index (χ3n) is 3.10. The highest BCUT2D eigenvalue weighted by molar-refractivity contribution is 5.50. The lowest BCUT2D eigenvalue weighted by atomic mass is 9.94. The minimum absolute atomic E-state index is 0.514. The van der Waals surface area contributed by atoms with Crippen molar-refractivity contribution in [1.82, 2.24) is 0 Å². The molecule has 0 aliphatic rings. The summed E-state index contributed by atoms with van der Waals surface area (Å²) >= 11 is 0. The predicted octanol–water partition coefficient (Wildman–Crippen LogP) is 5.07. The fourth-order valence-corrected chi connectivity index (χ4v) is 1.42. The van der Waals surface area contributed by atoms with E-state index in [2.05, 4.69) is 18.3 Å². The maximum atomic E-state index is 10.5. The van der Waals surface area contributed by atoms with Crippen LogP contribution in [0, 0.1) is 4.91 Å². The SMILES string of the molecule is C=C/C=C(\C)C(=C)/C(C)=C(C)/C(C)=C(\C)N=O. The van der Waals surface area contributed by atoms with Crippen LogP contribution in [-0.2, 0) is 0 Å². The van der Waals surface area contributed by atoms with E-state index in [0.29, 0.717) is 5.70 Å². The molecule has 0 aromatic carbocycles. The Balaban J connectivity index is 5.48. The summed E-state index contributed by atoms with van der Waals surface area (Å²) in [5.41, 5.74) is 5.57. The summed E-state index contributed by atoms with van der Waals surface area (Å²) in [6.07, 6.45) is 3.66. The van der Waals surface area contributed by atoms with Crippen LogP contribution in [0.1, 0.15) is 34.6 Å². The van der Waals surface area contributed by atoms with Gasteiger partial charge in [-0.2, -0.15) is 0 Å². The Kier molecular flexibility index (Phi) is 6.11. The second-order valence-corrected chi connectivity index (χ2v) is 4.12. The first-order valence-electron chi connectivity index (χ1n) is 5.54. The van der Waals surface area contributed by atoms with Crippen LogP contribution in [0.5, 0.6) is 0 Å². The quantitative estimate of drug-likeness (QED) is 0.479. The molecule has 0 aromatic rings. The lowest BCUT2D eigenvalue weighted by molar-refractivity contribution is 1.14. The van der Waals surface area contributed by atoms with E-state index < -0.39 is 0 Å². The first-order valence-corrected chi connectivity index (χ1v) is 5.54. The molecule has 0 aromatic heterocycles. The van der Waals surface area contributed by atoms with Gasteiger partial charge in [0.15, 0.2) is 0 Å². The van der Waals surface area contributed by atoms with Gasteiger partial charge in [-0.1, -0.05) is 25.3 Å². The first kappa shape index (κ1) is 15.3. The van der Waals surface area contributed by atoms with Gasteiger partial charge in [0, 0.05) is 0 Å². The molecule has 0 rings (SSSR count). The Hall–Kier alpha value is -1.70. The molecule has 0 fully saturated rings. The lowest BCUT2D eigenvalue weighted by Gasteiger charge is -2.12. The highest BCUT2D eigenvalue weighted by Gasteiger charge is 2.07. The minimum atomic E-state index is 0.514. The standard InChI is InChI=1S/C15H21NO/c1-8-9-10(2)11(3)12(4)13(5)14(6)15(7)16-17/h8-9H,1,3H2,2,4-7H3/b10-9+,13-12+,15-14+. The van der Waals surface area contributed by atoms with Crippen molar-refractivity contribution < 1.29 is 0 Å². The van der Waals surface area contributed by atoms with Gasteiger partial charge in [0.2, 0.25) is 0 Å². The molecule has 17 heavy (non-hydrogen) atoms. The predicted molar refractivity (Wildman–Crippen MR) is 75.6 cm³/mol. The smallest absolute Gasteiger partial charge is 0.0849 e. The summed E-state index contributed by atoms with van der Waals surface area (Å²) in [4.78, 5) is 10.5. The van der Waals surface area contributed by atoms with E-state index in [1.807, 2.05) is 33.8 Å². The molecule has 0 amide bonds. The molecule has 0 unspecified atom stereocenters. The first-order chi connectivity index (χ1) is 7.86. The number of allylic oxidation sites excluding steroid dienone is 8. The summed E-state index contributed by atoms with van der Waals surface area (Å²) in [5, 5.41) is 2.97. The zero-order chi connectivity index (χ0) is 13.6. The third-order valence-corrected chi connectivity index (χ3v) is 3.10. The number of nitrogens with zero attached hydrogens (tertiary/aromatic N) is 1. The van der Waals surface area contributed by atoms with Gasteiger partial charge in [0.25, 0.3) is 0 Å².